The van der Waals surface area contributed by atoms with Gasteiger partial charge in [0.2, 0.25) is 5.95 Å². The van der Waals surface area contributed by atoms with Gasteiger partial charge in [0.15, 0.2) is 11.6 Å². The Morgan fingerprint density at radius 1 is 1.29 bits per heavy atom. The van der Waals surface area contributed by atoms with Crippen LogP contribution in [0.1, 0.15) is 65.3 Å². The summed E-state index contributed by atoms with van der Waals surface area (Å²) >= 11 is 6.46. The predicted octanol–water partition coefficient (Wildman–Crippen LogP) is 4.11. The lowest BCUT2D eigenvalue weighted by Crippen LogP contribution is -2.27. The van der Waals surface area contributed by atoms with E-state index in [-0.39, 0.29) is 29.3 Å². The molecule has 38 heavy (non-hydrogen) atoms. The molecule has 0 saturated carbocycles. The maximum absolute atomic E-state index is 13.7. The first-order chi connectivity index (χ1) is 18.1. The van der Waals surface area contributed by atoms with Gasteiger partial charge in [0, 0.05) is 35.5 Å². The van der Waals surface area contributed by atoms with E-state index in [1.165, 1.54) is 4.90 Å². The number of nitrogen functional groups attached to an aromatic ring is 1. The number of carbonyl (C=O) groups excluding carboxylic acids is 2. The topological polar surface area (TPSA) is 139 Å². The number of aryl methyl sites for hydroxylation is 1. The Hall–Kier alpha value is -3.76. The summed E-state index contributed by atoms with van der Waals surface area (Å²) < 4.78 is 5.52. The van der Waals surface area contributed by atoms with Crippen LogP contribution in [0, 0.1) is 13.8 Å². The summed E-state index contributed by atoms with van der Waals surface area (Å²) in [6.45, 7) is 8.84. The van der Waals surface area contributed by atoms with Gasteiger partial charge in [-0.05, 0) is 45.0 Å². The monoisotopic (exact) mass is 537 g/mol. The number of pyridine rings is 1. The summed E-state index contributed by atoms with van der Waals surface area (Å²) in [6, 6.07) is 3.85. The maximum atomic E-state index is 13.7. The number of hydrogen-bond donors (Lipinski definition) is 3. The van der Waals surface area contributed by atoms with E-state index in [2.05, 4.69) is 39.1 Å². The first-order valence-corrected chi connectivity index (χ1v) is 12.8. The molecule has 0 spiro atoms. The molecule has 11 heteroatoms. The minimum Gasteiger partial charge on any atom is -0.496 e. The summed E-state index contributed by atoms with van der Waals surface area (Å²) in [5.74, 6) is 0.647. The lowest BCUT2D eigenvalue weighted by Gasteiger charge is -2.19. The predicted molar refractivity (Wildman–Crippen MR) is 148 cm³/mol. The van der Waals surface area contributed by atoms with Crippen LogP contribution in [0.5, 0.6) is 5.75 Å². The van der Waals surface area contributed by atoms with Crippen molar-refractivity contribution in [3.8, 4) is 5.75 Å². The number of ether oxygens (including phenoxy) is 1. The fourth-order valence-corrected chi connectivity index (χ4v) is 4.74. The number of hydrogen-bond acceptors (Lipinski definition) is 8. The normalized spacial score (nSPS) is 14.0. The van der Waals surface area contributed by atoms with Crippen molar-refractivity contribution < 1.29 is 14.3 Å². The lowest BCUT2D eigenvalue weighted by atomic mass is 10.1. The molecule has 10 nitrogen and oxygen atoms in total. The van der Waals surface area contributed by atoms with Crippen LogP contribution in [0.2, 0.25) is 5.15 Å². The van der Waals surface area contributed by atoms with Gasteiger partial charge >= 0.3 is 0 Å². The fraction of sp³-hybridized carbons (Fsp3) is 0.370. The summed E-state index contributed by atoms with van der Waals surface area (Å²) in [5, 5.41) is 3.38. The fourth-order valence-electron chi connectivity index (χ4n) is 4.46. The molecule has 1 amide bonds. The number of ketones is 1. The zero-order valence-electron chi connectivity index (χ0n) is 22.2. The molecule has 0 atom stereocenters. The first-order valence-electron chi connectivity index (χ1n) is 12.4. The Morgan fingerprint density at radius 2 is 2.05 bits per heavy atom. The smallest absolute Gasteiger partial charge is 0.260 e. The second-order valence-electron chi connectivity index (χ2n) is 9.53. The van der Waals surface area contributed by atoms with Crippen molar-refractivity contribution in [2.24, 2.45) is 0 Å². The quantitative estimate of drug-likeness (QED) is 0.152. The number of fused-ring (bicyclic) bond motifs is 1. The average molecular weight is 538 g/mol. The maximum Gasteiger partial charge on any atom is 0.260 e. The Balaban J connectivity index is 1.63. The molecule has 0 aromatic carbocycles. The highest BCUT2D eigenvalue weighted by atomic mass is 35.5. The molecule has 1 aliphatic rings. The van der Waals surface area contributed by atoms with E-state index in [1.807, 2.05) is 13.8 Å². The molecule has 0 bridgehead atoms. The number of nitrogens with one attached hydrogen (secondary N) is 2. The zero-order chi connectivity index (χ0) is 27.6. The van der Waals surface area contributed by atoms with Crippen molar-refractivity contribution in [3.05, 3.63) is 57.3 Å². The summed E-state index contributed by atoms with van der Waals surface area (Å²) in [5.41, 5.74) is 9.99. The van der Waals surface area contributed by atoms with Gasteiger partial charge in [0.05, 0.1) is 36.2 Å². The van der Waals surface area contributed by atoms with E-state index >= 15 is 0 Å². The van der Waals surface area contributed by atoms with E-state index in [9.17, 15) is 9.59 Å². The number of carbonyl (C=O) groups is 2. The minimum atomic E-state index is -0.329. The Morgan fingerprint density at radius 3 is 2.76 bits per heavy atom. The molecule has 4 rings (SSSR count). The van der Waals surface area contributed by atoms with Gasteiger partial charge in [-0.2, -0.15) is 4.98 Å². The number of nitrogens with two attached hydrogens (primary N) is 1. The number of halogens is 1. The molecule has 0 fully saturated rings. The second kappa shape index (κ2) is 11.3. The number of aromatic amines is 1. The van der Waals surface area contributed by atoms with Crippen LogP contribution in [0.15, 0.2) is 18.3 Å². The molecular weight excluding hydrogens is 506 g/mol. The number of aromatic nitrogens is 4. The van der Waals surface area contributed by atoms with Crippen LogP contribution >= 0.6 is 11.6 Å². The van der Waals surface area contributed by atoms with Crippen LogP contribution < -0.4 is 20.7 Å². The standard InChI is InChI=1S/C27H32ClN7O3/c1-14(2)30-10-6-7-21(36)19-9-8-17(32-19)11-18-22-24(28)33-27(29)34-25(22)35(26(18)37)13-20-16(4)23(38-5)15(3)12-31-20/h8-9,11-12,14,30,32H,6-7,10,13H2,1-5H3,(H2,29,33,34)/b18-11-. The molecule has 3 aromatic heterocycles. The largest absolute Gasteiger partial charge is 0.496 e. The van der Waals surface area contributed by atoms with Gasteiger partial charge in [-0.15, -0.1) is 0 Å². The molecule has 3 aromatic rings. The van der Waals surface area contributed by atoms with Crippen LogP contribution in [-0.4, -0.2) is 51.3 Å². The Labute approximate surface area is 226 Å². The number of rotatable bonds is 10. The first kappa shape index (κ1) is 27.3. The highest BCUT2D eigenvalue weighted by Gasteiger charge is 2.37. The van der Waals surface area contributed by atoms with Crippen molar-refractivity contribution in [1.29, 1.82) is 0 Å². The van der Waals surface area contributed by atoms with Crippen molar-refractivity contribution in [1.82, 2.24) is 25.3 Å². The third-order valence-electron chi connectivity index (χ3n) is 6.36. The summed E-state index contributed by atoms with van der Waals surface area (Å²) in [7, 11) is 1.60. The molecule has 1 aliphatic heterocycles. The third kappa shape index (κ3) is 5.56. The highest BCUT2D eigenvalue weighted by Crippen LogP contribution is 2.41. The molecule has 200 valence electrons. The minimum absolute atomic E-state index is 0.00369. The number of methoxy groups -OCH3 is 1. The molecule has 0 radical (unpaired) electrons. The number of amides is 1. The zero-order valence-corrected chi connectivity index (χ0v) is 22.9. The van der Waals surface area contributed by atoms with E-state index in [0.717, 1.165) is 24.1 Å². The van der Waals surface area contributed by atoms with E-state index < -0.39 is 0 Å². The van der Waals surface area contributed by atoms with E-state index in [0.29, 0.717) is 52.2 Å². The third-order valence-corrected chi connectivity index (χ3v) is 6.64. The average Bonchev–Trinajstić information content (AvgIpc) is 3.42. The number of H-pyrrole nitrogens is 1. The van der Waals surface area contributed by atoms with Gasteiger partial charge in [0.1, 0.15) is 10.9 Å². The molecule has 0 aliphatic carbocycles. The van der Waals surface area contributed by atoms with Crippen LogP contribution in [0.25, 0.3) is 11.6 Å². The van der Waals surface area contributed by atoms with Gasteiger partial charge in [-0.1, -0.05) is 25.4 Å². The lowest BCUT2D eigenvalue weighted by molar-refractivity contribution is -0.113. The van der Waals surface area contributed by atoms with Crippen LogP contribution in [0.4, 0.5) is 11.8 Å². The molecule has 0 unspecified atom stereocenters. The van der Waals surface area contributed by atoms with Gasteiger partial charge in [-0.25, -0.2) is 4.98 Å². The summed E-state index contributed by atoms with van der Waals surface area (Å²) in [4.78, 5) is 43.8. The van der Waals surface area contributed by atoms with Gasteiger partial charge in [0.25, 0.3) is 5.91 Å². The molecular formula is C27H32ClN7O3. The van der Waals surface area contributed by atoms with Gasteiger partial charge in [-0.3, -0.25) is 19.5 Å². The number of anilines is 2. The van der Waals surface area contributed by atoms with Crippen molar-refractivity contribution in [2.75, 3.05) is 24.3 Å². The summed E-state index contributed by atoms with van der Waals surface area (Å²) in [6.07, 6.45) is 4.51. The molecule has 4 N–H and O–H groups in total. The number of nitrogens with zero attached hydrogens (tertiary/aromatic N) is 4. The van der Waals surface area contributed by atoms with Crippen LogP contribution in [-0.2, 0) is 11.3 Å². The molecule has 4 heterocycles. The highest BCUT2D eigenvalue weighted by molar-refractivity contribution is 6.41. The Kier molecular flexibility index (Phi) is 8.13. The van der Waals surface area contributed by atoms with E-state index in [1.54, 1.807) is 31.5 Å². The Bertz CT molecular complexity index is 1410. The van der Waals surface area contributed by atoms with Crippen molar-refractivity contribution in [3.63, 3.8) is 0 Å². The van der Waals surface area contributed by atoms with Gasteiger partial charge < -0.3 is 20.8 Å². The van der Waals surface area contributed by atoms with Crippen molar-refractivity contribution in [2.45, 2.75) is 53.1 Å². The second-order valence-corrected chi connectivity index (χ2v) is 9.89. The van der Waals surface area contributed by atoms with Crippen molar-refractivity contribution >= 4 is 46.7 Å². The van der Waals surface area contributed by atoms with Crippen LogP contribution in [0.3, 0.4) is 0 Å². The van der Waals surface area contributed by atoms with E-state index in [4.69, 9.17) is 22.1 Å². The number of Topliss-reactive ketones (excluding diaryl/α,β-unsaturated/α-hetero) is 1. The molecule has 0 saturated heterocycles. The SMILES string of the molecule is COc1c(C)cnc(CN2C(=O)/C(=C\c3ccc(C(=O)CCCNC(C)C)[nH]3)c3c(Cl)nc(N)nc32)c1C.